The van der Waals surface area contributed by atoms with E-state index < -0.39 is 10.0 Å². The third kappa shape index (κ3) is 3.95. The van der Waals surface area contributed by atoms with Gasteiger partial charge in [-0.3, -0.25) is 0 Å². The van der Waals surface area contributed by atoms with Crippen molar-refractivity contribution in [1.29, 1.82) is 0 Å². The maximum Gasteiger partial charge on any atom is 0.244 e. The van der Waals surface area contributed by atoms with Crippen molar-refractivity contribution in [2.24, 2.45) is 0 Å². The molecular formula is C20H20BrNO4S. The molecule has 0 saturated heterocycles. The molecule has 0 fully saturated rings. The molecule has 27 heavy (non-hydrogen) atoms. The maximum absolute atomic E-state index is 13.1. The Morgan fingerprint density at radius 2 is 1.56 bits per heavy atom. The summed E-state index contributed by atoms with van der Waals surface area (Å²) in [6.45, 7) is 0.258. The fraction of sp³-hybridized carbons (Fsp3) is 0.200. The zero-order valence-electron chi connectivity index (χ0n) is 15.3. The summed E-state index contributed by atoms with van der Waals surface area (Å²) in [5, 5.41) is 2.20. The van der Waals surface area contributed by atoms with Gasteiger partial charge in [-0.15, -0.1) is 0 Å². The molecule has 0 amide bonds. The number of rotatable bonds is 6. The molecule has 0 bridgehead atoms. The molecule has 0 atom stereocenters. The highest BCUT2D eigenvalue weighted by atomic mass is 79.9. The summed E-state index contributed by atoms with van der Waals surface area (Å²) in [6.07, 6.45) is 0. The smallest absolute Gasteiger partial charge is 0.244 e. The van der Waals surface area contributed by atoms with Crippen molar-refractivity contribution in [1.82, 2.24) is 4.31 Å². The summed E-state index contributed by atoms with van der Waals surface area (Å²) in [6, 6.07) is 17.0. The first-order chi connectivity index (χ1) is 12.9. The molecule has 0 spiro atoms. The first-order valence-corrected chi connectivity index (χ1v) is 10.5. The third-order valence-electron chi connectivity index (χ3n) is 4.35. The molecule has 3 aromatic carbocycles. The summed E-state index contributed by atoms with van der Waals surface area (Å²) in [5.74, 6) is 0.818. The average molecular weight is 450 g/mol. The van der Waals surface area contributed by atoms with Crippen LogP contribution in [0.5, 0.6) is 11.5 Å². The van der Waals surface area contributed by atoms with Crippen molar-refractivity contribution in [3.63, 3.8) is 0 Å². The summed E-state index contributed by atoms with van der Waals surface area (Å²) in [7, 11) is 0.813. The van der Waals surface area contributed by atoms with Gasteiger partial charge in [0.2, 0.25) is 10.0 Å². The van der Waals surface area contributed by atoms with Gasteiger partial charge >= 0.3 is 0 Å². The van der Waals surface area contributed by atoms with Gasteiger partial charge in [-0.1, -0.05) is 36.4 Å². The number of sulfonamides is 1. The molecule has 0 saturated carbocycles. The van der Waals surface area contributed by atoms with Gasteiger partial charge < -0.3 is 9.47 Å². The van der Waals surface area contributed by atoms with Gasteiger partial charge in [-0.2, -0.15) is 4.31 Å². The number of nitrogens with zero attached hydrogens (tertiary/aromatic N) is 1. The molecular weight excluding hydrogens is 430 g/mol. The van der Waals surface area contributed by atoms with E-state index >= 15 is 0 Å². The molecule has 0 N–H and O–H groups in total. The number of hydrogen-bond donors (Lipinski definition) is 0. The highest BCUT2D eigenvalue weighted by Crippen LogP contribution is 2.36. The maximum atomic E-state index is 13.1. The van der Waals surface area contributed by atoms with Gasteiger partial charge in [0, 0.05) is 24.1 Å². The molecule has 5 nitrogen and oxygen atoms in total. The number of halogens is 1. The Kier molecular flexibility index (Phi) is 5.74. The van der Waals surface area contributed by atoms with Crippen LogP contribution in [0.4, 0.5) is 0 Å². The Balaban J connectivity index is 1.94. The Labute approximate surface area is 167 Å². The van der Waals surface area contributed by atoms with Gasteiger partial charge in [0.05, 0.1) is 14.2 Å². The van der Waals surface area contributed by atoms with E-state index in [1.165, 1.54) is 24.6 Å². The lowest BCUT2D eigenvalue weighted by Gasteiger charge is -2.20. The Morgan fingerprint density at radius 3 is 2.22 bits per heavy atom. The highest BCUT2D eigenvalue weighted by molar-refractivity contribution is 9.10. The Bertz CT molecular complexity index is 1080. The second-order valence-electron chi connectivity index (χ2n) is 6.08. The summed E-state index contributed by atoms with van der Waals surface area (Å²) < 4.78 is 38.4. The van der Waals surface area contributed by atoms with E-state index in [1.807, 2.05) is 42.5 Å². The van der Waals surface area contributed by atoms with E-state index in [0.29, 0.717) is 16.0 Å². The van der Waals surface area contributed by atoms with Crippen molar-refractivity contribution in [3.8, 4) is 11.5 Å². The molecule has 0 aliphatic carbocycles. The Hall–Kier alpha value is -2.09. The van der Waals surface area contributed by atoms with E-state index in [0.717, 1.165) is 16.3 Å². The molecule has 3 aromatic rings. The van der Waals surface area contributed by atoms with E-state index in [9.17, 15) is 8.42 Å². The topological polar surface area (TPSA) is 55.8 Å². The van der Waals surface area contributed by atoms with Crippen LogP contribution in [0.1, 0.15) is 5.56 Å². The first kappa shape index (κ1) is 19.7. The van der Waals surface area contributed by atoms with Crippen LogP contribution in [0, 0.1) is 0 Å². The zero-order chi connectivity index (χ0) is 19.6. The van der Waals surface area contributed by atoms with Crippen molar-refractivity contribution in [2.75, 3.05) is 21.3 Å². The van der Waals surface area contributed by atoms with E-state index in [2.05, 4.69) is 15.9 Å². The predicted molar refractivity (Wildman–Crippen MR) is 110 cm³/mol. The number of ether oxygens (including phenoxy) is 2. The lowest BCUT2D eigenvalue weighted by Crippen LogP contribution is -2.26. The van der Waals surface area contributed by atoms with Crippen LogP contribution in [0.15, 0.2) is 64.0 Å². The van der Waals surface area contributed by atoms with Crippen molar-refractivity contribution < 1.29 is 17.9 Å². The van der Waals surface area contributed by atoms with Crippen molar-refractivity contribution in [3.05, 3.63) is 64.6 Å². The zero-order valence-corrected chi connectivity index (χ0v) is 17.7. The molecule has 142 valence electrons. The second-order valence-corrected chi connectivity index (χ2v) is 8.95. The minimum absolute atomic E-state index is 0.128. The van der Waals surface area contributed by atoms with Gasteiger partial charge in [0.1, 0.15) is 4.90 Å². The lowest BCUT2D eigenvalue weighted by molar-refractivity contribution is 0.353. The molecule has 0 radical (unpaired) electrons. The number of methoxy groups -OCH3 is 2. The van der Waals surface area contributed by atoms with Crippen molar-refractivity contribution in [2.45, 2.75) is 11.4 Å². The predicted octanol–water partition coefficient (Wildman–Crippen LogP) is 4.44. The molecule has 0 unspecified atom stereocenters. The van der Waals surface area contributed by atoms with Crippen LogP contribution in [-0.2, 0) is 16.6 Å². The minimum Gasteiger partial charge on any atom is -0.493 e. The fourth-order valence-corrected chi connectivity index (χ4v) is 5.03. The van der Waals surface area contributed by atoms with Crippen LogP contribution in [0.3, 0.4) is 0 Å². The van der Waals surface area contributed by atoms with Crippen LogP contribution in [-0.4, -0.2) is 34.0 Å². The summed E-state index contributed by atoms with van der Waals surface area (Å²) in [4.78, 5) is 0.128. The van der Waals surface area contributed by atoms with E-state index in [-0.39, 0.29) is 11.4 Å². The largest absolute Gasteiger partial charge is 0.493 e. The molecule has 7 heteroatoms. The van der Waals surface area contributed by atoms with Gasteiger partial charge in [0.15, 0.2) is 11.5 Å². The second kappa shape index (κ2) is 7.88. The quantitative estimate of drug-likeness (QED) is 0.557. The molecule has 0 aliphatic rings. The van der Waals surface area contributed by atoms with Crippen molar-refractivity contribution >= 4 is 36.7 Å². The molecule has 3 rings (SSSR count). The highest BCUT2D eigenvalue weighted by Gasteiger charge is 2.26. The van der Waals surface area contributed by atoms with Gasteiger partial charge in [-0.25, -0.2) is 8.42 Å². The van der Waals surface area contributed by atoms with E-state index in [4.69, 9.17) is 9.47 Å². The molecule has 0 aromatic heterocycles. The Morgan fingerprint density at radius 1 is 0.926 bits per heavy atom. The van der Waals surface area contributed by atoms with Gasteiger partial charge in [-0.05, 0) is 44.4 Å². The SMILES string of the molecule is COc1cc(Br)c(S(=O)(=O)N(C)Cc2ccc3ccccc3c2)cc1OC. The van der Waals surface area contributed by atoms with Crippen LogP contribution < -0.4 is 9.47 Å². The van der Waals surface area contributed by atoms with Crippen LogP contribution in [0.2, 0.25) is 0 Å². The third-order valence-corrected chi connectivity index (χ3v) is 7.11. The monoisotopic (exact) mass is 449 g/mol. The summed E-state index contributed by atoms with van der Waals surface area (Å²) in [5.41, 5.74) is 0.913. The van der Waals surface area contributed by atoms with Gasteiger partial charge in [0.25, 0.3) is 0 Å². The minimum atomic E-state index is -3.73. The summed E-state index contributed by atoms with van der Waals surface area (Å²) >= 11 is 3.33. The molecule has 0 aliphatic heterocycles. The fourth-order valence-electron chi connectivity index (χ4n) is 2.88. The van der Waals surface area contributed by atoms with Crippen LogP contribution >= 0.6 is 15.9 Å². The molecule has 0 heterocycles. The normalized spacial score (nSPS) is 11.7. The number of benzene rings is 3. The number of hydrogen-bond acceptors (Lipinski definition) is 4. The lowest BCUT2D eigenvalue weighted by atomic mass is 10.1. The van der Waals surface area contributed by atoms with E-state index in [1.54, 1.807) is 13.1 Å². The van der Waals surface area contributed by atoms with Crippen LogP contribution in [0.25, 0.3) is 10.8 Å². The first-order valence-electron chi connectivity index (χ1n) is 8.22. The average Bonchev–Trinajstić information content (AvgIpc) is 2.67. The number of fused-ring (bicyclic) bond motifs is 1. The standard InChI is InChI=1S/C20H20BrNO4S/c1-22(13-14-8-9-15-6-4-5-7-16(15)10-14)27(23,24)20-12-19(26-3)18(25-2)11-17(20)21/h4-12H,13H2,1-3H3.